The second kappa shape index (κ2) is 4.16. The first-order valence-corrected chi connectivity index (χ1v) is 7.62. The maximum Gasteiger partial charge on any atom is 0.196 e. The van der Waals surface area contributed by atoms with E-state index in [0.29, 0.717) is 33.3 Å². The van der Waals surface area contributed by atoms with Gasteiger partial charge in [-0.2, -0.15) is 8.75 Å². The second-order valence-corrected chi connectivity index (χ2v) is 6.14. The molecule has 4 rings (SSSR count). The number of fused-ring (bicyclic) bond motifs is 4. The van der Waals surface area contributed by atoms with Crippen LogP contribution in [0.4, 0.5) is 0 Å². The van der Waals surface area contributed by atoms with E-state index < -0.39 is 0 Å². The normalized spacial score (nSPS) is 13.4. The summed E-state index contributed by atoms with van der Waals surface area (Å²) in [6, 6.07) is 8.63. The zero-order valence-corrected chi connectivity index (χ0v) is 12.9. The van der Waals surface area contributed by atoms with Gasteiger partial charge in [0.15, 0.2) is 11.6 Å². The average molecular weight is 392 g/mol. The molecule has 0 spiro atoms. The fourth-order valence-electron chi connectivity index (χ4n) is 2.47. The summed E-state index contributed by atoms with van der Waals surface area (Å²) in [6.45, 7) is 0. The highest BCUT2D eigenvalue weighted by Crippen LogP contribution is 2.33. The minimum atomic E-state index is -0.149. The SMILES string of the molecule is O=C1c2ccccc2C(=O)c2c1cc(I)c1nsnc21. The number of nitrogens with zero attached hydrogens (tertiary/aromatic N) is 2. The minimum absolute atomic E-state index is 0.122. The Balaban J connectivity index is 2.16. The first-order chi connectivity index (χ1) is 9.68. The van der Waals surface area contributed by atoms with Gasteiger partial charge in [-0.3, -0.25) is 9.59 Å². The summed E-state index contributed by atoms with van der Waals surface area (Å²) < 4.78 is 9.24. The van der Waals surface area contributed by atoms with E-state index >= 15 is 0 Å². The van der Waals surface area contributed by atoms with E-state index in [2.05, 4.69) is 31.3 Å². The Kier molecular flexibility index (Phi) is 2.52. The lowest BCUT2D eigenvalue weighted by molar-refractivity contribution is 0.0980. The molecule has 1 aliphatic rings. The Morgan fingerprint density at radius 2 is 1.55 bits per heavy atom. The van der Waals surface area contributed by atoms with Crippen LogP contribution in [0.2, 0.25) is 0 Å². The maximum absolute atomic E-state index is 12.7. The van der Waals surface area contributed by atoms with Crippen LogP contribution >= 0.6 is 34.3 Å². The molecule has 0 saturated carbocycles. The topological polar surface area (TPSA) is 59.9 Å². The summed E-state index contributed by atoms with van der Waals surface area (Å²) in [5, 5.41) is 0. The number of carbonyl (C=O) groups is 2. The smallest absolute Gasteiger partial charge is 0.196 e. The van der Waals surface area contributed by atoms with E-state index in [9.17, 15) is 9.59 Å². The summed E-state index contributed by atoms with van der Waals surface area (Å²) in [4.78, 5) is 25.2. The van der Waals surface area contributed by atoms with Gasteiger partial charge in [-0.15, -0.1) is 0 Å². The quantitative estimate of drug-likeness (QED) is 0.432. The van der Waals surface area contributed by atoms with E-state index in [-0.39, 0.29) is 11.6 Å². The van der Waals surface area contributed by atoms with Crippen LogP contribution in [0.3, 0.4) is 0 Å². The molecule has 3 aromatic rings. The summed E-state index contributed by atoms with van der Waals surface area (Å²) in [6.07, 6.45) is 0. The lowest BCUT2D eigenvalue weighted by Gasteiger charge is -2.17. The molecular weight excluding hydrogens is 387 g/mol. The number of carbonyl (C=O) groups excluding carboxylic acids is 2. The predicted molar refractivity (Wildman–Crippen MR) is 83.4 cm³/mol. The standard InChI is InChI=1S/C14H5IN2O2S/c15-9-5-8-10(12-11(9)16-20-17-12)14(19)7-4-2-1-3-6(7)13(8)18/h1-5H. The summed E-state index contributed by atoms with van der Waals surface area (Å²) in [7, 11) is 0. The van der Waals surface area contributed by atoms with Crippen LogP contribution in [0.1, 0.15) is 31.8 Å². The van der Waals surface area contributed by atoms with Crippen molar-refractivity contribution in [3.05, 3.63) is 56.2 Å². The van der Waals surface area contributed by atoms with Crippen molar-refractivity contribution in [1.29, 1.82) is 0 Å². The number of benzene rings is 2. The number of hydrogen-bond donors (Lipinski definition) is 0. The third-order valence-corrected chi connectivity index (χ3v) is 4.73. The molecule has 0 unspecified atom stereocenters. The van der Waals surface area contributed by atoms with E-state index in [1.54, 1.807) is 30.3 Å². The molecule has 0 radical (unpaired) electrons. The highest BCUT2D eigenvalue weighted by Gasteiger charge is 2.32. The first-order valence-electron chi connectivity index (χ1n) is 5.81. The highest BCUT2D eigenvalue weighted by atomic mass is 127. The maximum atomic E-state index is 12.7. The lowest BCUT2D eigenvalue weighted by atomic mass is 9.83. The van der Waals surface area contributed by atoms with Crippen molar-refractivity contribution >= 4 is 56.9 Å². The first kappa shape index (κ1) is 12.1. The molecule has 0 aliphatic heterocycles. The Hall–Kier alpha value is -1.67. The van der Waals surface area contributed by atoms with Gasteiger partial charge in [0, 0.05) is 20.3 Å². The van der Waals surface area contributed by atoms with Gasteiger partial charge in [-0.25, -0.2) is 0 Å². The van der Waals surface area contributed by atoms with Crippen molar-refractivity contribution in [2.75, 3.05) is 0 Å². The molecule has 0 amide bonds. The Morgan fingerprint density at radius 3 is 2.30 bits per heavy atom. The Morgan fingerprint density at radius 1 is 0.900 bits per heavy atom. The van der Waals surface area contributed by atoms with Crippen LogP contribution in [0.5, 0.6) is 0 Å². The molecule has 1 heterocycles. The van der Waals surface area contributed by atoms with Crippen LogP contribution in [-0.4, -0.2) is 20.3 Å². The van der Waals surface area contributed by atoms with Gasteiger partial charge in [0.2, 0.25) is 0 Å². The largest absolute Gasteiger partial charge is 0.289 e. The van der Waals surface area contributed by atoms with Gasteiger partial charge in [-0.1, -0.05) is 24.3 Å². The minimum Gasteiger partial charge on any atom is -0.289 e. The van der Waals surface area contributed by atoms with Crippen LogP contribution in [-0.2, 0) is 0 Å². The van der Waals surface area contributed by atoms with Gasteiger partial charge >= 0.3 is 0 Å². The predicted octanol–water partition coefficient (Wildman–Crippen LogP) is 3.07. The fraction of sp³-hybridized carbons (Fsp3) is 0. The zero-order chi connectivity index (χ0) is 13.9. The third-order valence-electron chi connectivity index (χ3n) is 3.38. The van der Waals surface area contributed by atoms with Gasteiger partial charge in [0.1, 0.15) is 11.0 Å². The van der Waals surface area contributed by atoms with Crippen LogP contribution in [0, 0.1) is 3.57 Å². The molecule has 96 valence electrons. The number of hydrogen-bond acceptors (Lipinski definition) is 5. The van der Waals surface area contributed by atoms with Crippen molar-refractivity contribution in [3.63, 3.8) is 0 Å². The number of aromatic nitrogens is 2. The molecule has 4 nitrogen and oxygen atoms in total. The molecule has 20 heavy (non-hydrogen) atoms. The van der Waals surface area contributed by atoms with E-state index in [1.165, 1.54) is 0 Å². The van der Waals surface area contributed by atoms with Crippen LogP contribution in [0.25, 0.3) is 11.0 Å². The average Bonchev–Trinajstić information content (AvgIpc) is 2.94. The van der Waals surface area contributed by atoms with Crippen molar-refractivity contribution in [3.8, 4) is 0 Å². The molecular formula is C14H5IN2O2S. The lowest BCUT2D eigenvalue weighted by Crippen LogP contribution is -2.21. The number of rotatable bonds is 0. The molecule has 6 heteroatoms. The van der Waals surface area contributed by atoms with Gasteiger partial charge < -0.3 is 0 Å². The van der Waals surface area contributed by atoms with E-state index in [1.807, 2.05) is 0 Å². The molecule has 0 bridgehead atoms. The zero-order valence-electron chi connectivity index (χ0n) is 9.88. The molecule has 0 atom stereocenters. The number of halogens is 1. The van der Waals surface area contributed by atoms with Crippen LogP contribution in [0.15, 0.2) is 30.3 Å². The van der Waals surface area contributed by atoms with E-state index in [4.69, 9.17) is 0 Å². The highest BCUT2D eigenvalue weighted by molar-refractivity contribution is 14.1. The van der Waals surface area contributed by atoms with Gasteiger partial charge in [0.05, 0.1) is 17.3 Å². The molecule has 0 saturated heterocycles. The fourth-order valence-corrected chi connectivity index (χ4v) is 3.89. The monoisotopic (exact) mass is 392 g/mol. The van der Waals surface area contributed by atoms with Gasteiger partial charge in [-0.05, 0) is 28.7 Å². The summed E-state index contributed by atoms with van der Waals surface area (Å²) in [5.41, 5.74) is 2.94. The number of ketones is 2. The Labute approximate surface area is 131 Å². The van der Waals surface area contributed by atoms with Crippen molar-refractivity contribution in [1.82, 2.24) is 8.75 Å². The second-order valence-electron chi connectivity index (χ2n) is 4.45. The molecule has 0 N–H and O–H groups in total. The summed E-state index contributed by atoms with van der Waals surface area (Å²) >= 11 is 3.17. The van der Waals surface area contributed by atoms with E-state index in [0.717, 1.165) is 15.3 Å². The van der Waals surface area contributed by atoms with Crippen LogP contribution < -0.4 is 0 Å². The molecule has 1 aliphatic carbocycles. The summed E-state index contributed by atoms with van der Waals surface area (Å²) in [5.74, 6) is -0.271. The third kappa shape index (κ3) is 1.46. The molecule has 0 fully saturated rings. The van der Waals surface area contributed by atoms with Crippen molar-refractivity contribution < 1.29 is 9.59 Å². The van der Waals surface area contributed by atoms with Gasteiger partial charge in [0.25, 0.3) is 0 Å². The molecule has 2 aromatic carbocycles. The van der Waals surface area contributed by atoms with Crippen molar-refractivity contribution in [2.24, 2.45) is 0 Å². The molecule has 1 aromatic heterocycles. The van der Waals surface area contributed by atoms with Crippen molar-refractivity contribution in [2.45, 2.75) is 0 Å². The Bertz CT molecular complexity index is 917.